The fraction of sp³-hybridized carbons (Fsp3) is 0.538. The molecule has 0 radical (unpaired) electrons. The highest BCUT2D eigenvalue weighted by atomic mass is 15.2. The van der Waals surface area contributed by atoms with Crippen molar-refractivity contribution in [2.75, 3.05) is 18.8 Å². The molecule has 1 fully saturated rings. The van der Waals surface area contributed by atoms with Crippen LogP contribution in [-0.4, -0.2) is 24.0 Å². The maximum absolute atomic E-state index is 5.92. The molecule has 0 atom stereocenters. The Labute approximate surface area is 92.1 Å². The molecule has 2 heteroatoms. The van der Waals surface area contributed by atoms with Crippen LogP contribution in [0.4, 0.5) is 5.69 Å². The Morgan fingerprint density at radius 3 is 2.67 bits per heavy atom. The molecule has 2 rings (SSSR count). The van der Waals surface area contributed by atoms with Gasteiger partial charge in [-0.1, -0.05) is 25.1 Å². The minimum Gasteiger partial charge on any atom is -0.399 e. The van der Waals surface area contributed by atoms with Crippen LogP contribution in [0.15, 0.2) is 24.3 Å². The van der Waals surface area contributed by atoms with Gasteiger partial charge in [0.15, 0.2) is 0 Å². The van der Waals surface area contributed by atoms with Gasteiger partial charge < -0.3 is 10.6 Å². The number of benzene rings is 1. The van der Waals surface area contributed by atoms with Crippen LogP contribution >= 0.6 is 0 Å². The molecule has 0 unspecified atom stereocenters. The zero-order valence-electron chi connectivity index (χ0n) is 9.45. The Morgan fingerprint density at radius 2 is 2.07 bits per heavy atom. The summed E-state index contributed by atoms with van der Waals surface area (Å²) >= 11 is 0. The molecule has 1 saturated carbocycles. The van der Waals surface area contributed by atoms with E-state index in [1.54, 1.807) is 0 Å². The predicted octanol–water partition coefficient (Wildman–Crippen LogP) is 2.30. The normalized spacial score (nSPS) is 15.9. The fourth-order valence-electron chi connectivity index (χ4n) is 2.06. The maximum atomic E-state index is 5.92. The van der Waals surface area contributed by atoms with Crippen LogP contribution in [0.3, 0.4) is 0 Å². The van der Waals surface area contributed by atoms with E-state index in [-0.39, 0.29) is 0 Å². The van der Waals surface area contributed by atoms with Crippen molar-refractivity contribution in [3.8, 4) is 0 Å². The van der Waals surface area contributed by atoms with Crippen molar-refractivity contribution >= 4 is 5.69 Å². The second kappa shape index (κ2) is 4.67. The summed E-state index contributed by atoms with van der Waals surface area (Å²) in [7, 11) is 0. The molecule has 2 N–H and O–H groups in total. The van der Waals surface area contributed by atoms with Crippen molar-refractivity contribution in [2.45, 2.75) is 32.2 Å². The lowest BCUT2D eigenvalue weighted by molar-refractivity contribution is 0.281. The topological polar surface area (TPSA) is 29.3 Å². The van der Waals surface area contributed by atoms with Crippen molar-refractivity contribution in [3.05, 3.63) is 29.8 Å². The molecule has 15 heavy (non-hydrogen) atoms. The van der Waals surface area contributed by atoms with Crippen LogP contribution in [0.25, 0.3) is 0 Å². The second-order valence-corrected chi connectivity index (χ2v) is 4.31. The largest absolute Gasteiger partial charge is 0.399 e. The lowest BCUT2D eigenvalue weighted by Gasteiger charge is -2.19. The first-order chi connectivity index (χ1) is 7.31. The molecule has 0 aliphatic heterocycles. The van der Waals surface area contributed by atoms with Crippen molar-refractivity contribution in [1.29, 1.82) is 0 Å². The van der Waals surface area contributed by atoms with Gasteiger partial charge in [0.2, 0.25) is 0 Å². The van der Waals surface area contributed by atoms with Crippen LogP contribution in [0.2, 0.25) is 0 Å². The molecule has 0 amide bonds. The number of rotatable bonds is 5. The zero-order chi connectivity index (χ0) is 10.7. The quantitative estimate of drug-likeness (QED) is 0.746. The highest BCUT2D eigenvalue weighted by Gasteiger charge is 2.27. The molecule has 1 aromatic rings. The van der Waals surface area contributed by atoms with E-state index in [2.05, 4.69) is 24.0 Å². The van der Waals surface area contributed by atoms with Gasteiger partial charge in [0.1, 0.15) is 0 Å². The maximum Gasteiger partial charge on any atom is 0.0347 e. The number of nitrogen functional groups attached to an aromatic ring is 1. The smallest absolute Gasteiger partial charge is 0.0347 e. The summed E-state index contributed by atoms with van der Waals surface area (Å²) < 4.78 is 0. The van der Waals surface area contributed by atoms with Gasteiger partial charge in [-0.3, -0.25) is 0 Å². The Balaban J connectivity index is 1.89. The summed E-state index contributed by atoms with van der Waals surface area (Å²) in [6.07, 6.45) is 3.85. The number of hydrogen-bond acceptors (Lipinski definition) is 2. The van der Waals surface area contributed by atoms with E-state index in [4.69, 9.17) is 5.73 Å². The van der Waals surface area contributed by atoms with E-state index in [0.29, 0.717) is 0 Å². The third-order valence-corrected chi connectivity index (χ3v) is 3.19. The van der Waals surface area contributed by atoms with Crippen LogP contribution in [0.5, 0.6) is 0 Å². The first-order valence-corrected chi connectivity index (χ1v) is 5.88. The third-order valence-electron chi connectivity index (χ3n) is 3.19. The molecule has 0 bridgehead atoms. The number of nitrogens with two attached hydrogens (primary N) is 1. The molecule has 0 aromatic heterocycles. The monoisotopic (exact) mass is 204 g/mol. The third kappa shape index (κ3) is 2.72. The average Bonchev–Trinajstić information content (AvgIpc) is 3.06. The minimum atomic E-state index is 0.861. The van der Waals surface area contributed by atoms with E-state index >= 15 is 0 Å². The molecular formula is C13H20N2. The van der Waals surface area contributed by atoms with E-state index in [9.17, 15) is 0 Å². The van der Waals surface area contributed by atoms with Gasteiger partial charge in [0.05, 0.1) is 0 Å². The van der Waals surface area contributed by atoms with Gasteiger partial charge in [-0.15, -0.1) is 0 Å². The van der Waals surface area contributed by atoms with Crippen molar-refractivity contribution in [1.82, 2.24) is 4.90 Å². The first-order valence-electron chi connectivity index (χ1n) is 5.88. The Hall–Kier alpha value is -1.02. The van der Waals surface area contributed by atoms with Gasteiger partial charge in [-0.05, 0) is 37.4 Å². The van der Waals surface area contributed by atoms with E-state index in [1.165, 1.54) is 18.4 Å². The van der Waals surface area contributed by atoms with Gasteiger partial charge in [-0.25, -0.2) is 0 Å². The van der Waals surface area contributed by atoms with E-state index < -0.39 is 0 Å². The highest BCUT2D eigenvalue weighted by molar-refractivity contribution is 5.46. The SMILES string of the molecule is CCN(CCc1ccccc1N)C1CC1. The Kier molecular flexibility index (Phi) is 3.27. The summed E-state index contributed by atoms with van der Waals surface area (Å²) in [6, 6.07) is 9.05. The molecule has 0 saturated heterocycles. The molecule has 2 nitrogen and oxygen atoms in total. The lowest BCUT2D eigenvalue weighted by atomic mass is 10.1. The molecule has 1 aromatic carbocycles. The van der Waals surface area contributed by atoms with Gasteiger partial charge in [0.25, 0.3) is 0 Å². The molecule has 0 heterocycles. The average molecular weight is 204 g/mol. The van der Waals surface area contributed by atoms with Crippen molar-refractivity contribution in [3.63, 3.8) is 0 Å². The number of nitrogens with zero attached hydrogens (tertiary/aromatic N) is 1. The lowest BCUT2D eigenvalue weighted by Crippen LogP contribution is -2.28. The number of likely N-dealkylation sites (N-methyl/N-ethyl adjacent to an activating group) is 1. The van der Waals surface area contributed by atoms with Gasteiger partial charge in [0, 0.05) is 18.3 Å². The minimum absolute atomic E-state index is 0.861. The van der Waals surface area contributed by atoms with Crippen LogP contribution in [-0.2, 0) is 6.42 Å². The second-order valence-electron chi connectivity index (χ2n) is 4.31. The van der Waals surface area contributed by atoms with Gasteiger partial charge >= 0.3 is 0 Å². The summed E-state index contributed by atoms with van der Waals surface area (Å²) in [5, 5.41) is 0. The summed E-state index contributed by atoms with van der Waals surface area (Å²) in [5.41, 5.74) is 8.14. The number of hydrogen-bond donors (Lipinski definition) is 1. The van der Waals surface area contributed by atoms with Crippen molar-refractivity contribution < 1.29 is 0 Å². The molecule has 1 aliphatic rings. The van der Waals surface area contributed by atoms with E-state index in [1.807, 2.05) is 12.1 Å². The van der Waals surface area contributed by atoms with Crippen molar-refractivity contribution in [2.24, 2.45) is 0 Å². The molecule has 0 spiro atoms. The Morgan fingerprint density at radius 1 is 1.33 bits per heavy atom. The number of anilines is 1. The standard InChI is InChI=1S/C13H20N2/c1-2-15(12-7-8-12)10-9-11-5-3-4-6-13(11)14/h3-6,12H,2,7-10,14H2,1H3. The Bertz CT molecular complexity index is 318. The summed E-state index contributed by atoms with van der Waals surface area (Å²) in [6.45, 7) is 4.56. The molecule has 1 aliphatic carbocycles. The molecule has 82 valence electrons. The van der Waals surface area contributed by atoms with E-state index in [0.717, 1.165) is 31.2 Å². The summed E-state index contributed by atoms with van der Waals surface area (Å²) in [5.74, 6) is 0. The molecular weight excluding hydrogens is 184 g/mol. The van der Waals surface area contributed by atoms with Gasteiger partial charge in [-0.2, -0.15) is 0 Å². The highest BCUT2D eigenvalue weighted by Crippen LogP contribution is 2.26. The zero-order valence-corrected chi connectivity index (χ0v) is 9.45. The summed E-state index contributed by atoms with van der Waals surface area (Å²) in [4.78, 5) is 2.56. The van der Waals surface area contributed by atoms with Crippen LogP contribution in [0.1, 0.15) is 25.3 Å². The van der Waals surface area contributed by atoms with Crippen LogP contribution in [0, 0.1) is 0 Å². The first kappa shape index (κ1) is 10.5. The predicted molar refractivity (Wildman–Crippen MR) is 64.8 cm³/mol. The number of para-hydroxylation sites is 1. The fourth-order valence-corrected chi connectivity index (χ4v) is 2.06. The van der Waals surface area contributed by atoms with Crippen LogP contribution < -0.4 is 5.73 Å².